The fraction of sp³-hybridized carbons (Fsp3) is 1.00. The van der Waals surface area contributed by atoms with Gasteiger partial charge in [0, 0.05) is 16.7 Å². The lowest BCUT2D eigenvalue weighted by Crippen LogP contribution is -2.64. The molecule has 5 N–H and O–H groups in total. The summed E-state index contributed by atoms with van der Waals surface area (Å²) in [6.45, 7) is 7.24. The minimum atomic E-state index is -1.64. The monoisotopic (exact) mass is 368 g/mol. The molecule has 0 aromatic rings. The van der Waals surface area contributed by atoms with Gasteiger partial charge in [-0.1, -0.05) is 13.8 Å². The maximum Gasteiger partial charge on any atom is 0.110 e. The number of fused-ring (bicyclic) bond motifs is 4. The zero-order valence-corrected chi connectivity index (χ0v) is 16.0. The van der Waals surface area contributed by atoms with Crippen molar-refractivity contribution >= 4 is 0 Å². The number of aliphatic hydroxyl groups excluding tert-OH is 2. The molecule has 5 rings (SSSR count). The Morgan fingerprint density at radius 3 is 2.23 bits per heavy atom. The molecule has 1 saturated heterocycles. The van der Waals surface area contributed by atoms with E-state index in [2.05, 4.69) is 0 Å². The van der Waals surface area contributed by atoms with E-state index in [1.54, 1.807) is 13.8 Å². The van der Waals surface area contributed by atoms with Crippen LogP contribution >= 0.6 is 0 Å². The lowest BCUT2D eigenvalue weighted by molar-refractivity contribution is -0.232. The highest BCUT2D eigenvalue weighted by Gasteiger charge is 2.83. The third-order valence-corrected chi connectivity index (χ3v) is 9.44. The molecule has 5 fully saturated rings. The molecule has 0 aromatic heterocycles. The van der Waals surface area contributed by atoms with Crippen LogP contribution in [0.4, 0.5) is 0 Å². The van der Waals surface area contributed by atoms with Gasteiger partial charge in [0.2, 0.25) is 0 Å². The van der Waals surface area contributed by atoms with Gasteiger partial charge in [0.1, 0.15) is 11.7 Å². The fourth-order valence-corrected chi connectivity index (χ4v) is 8.15. The SMILES string of the molecule is CC1(O)CC23CC1CCC2C(C)(O)C1C2OC2C(C)(C)C1(O)C(O)C3O. The molecule has 5 aliphatic rings. The van der Waals surface area contributed by atoms with Crippen molar-refractivity contribution in [2.45, 2.75) is 94.6 Å². The van der Waals surface area contributed by atoms with Gasteiger partial charge in [0.15, 0.2) is 0 Å². The molecule has 6 nitrogen and oxygen atoms in total. The van der Waals surface area contributed by atoms with Crippen molar-refractivity contribution in [1.82, 2.24) is 0 Å². The van der Waals surface area contributed by atoms with Crippen LogP contribution in [0.1, 0.15) is 53.4 Å². The average molecular weight is 368 g/mol. The summed E-state index contributed by atoms with van der Waals surface area (Å²) in [5.74, 6) is -0.921. The first kappa shape index (κ1) is 17.8. The first-order chi connectivity index (χ1) is 11.8. The van der Waals surface area contributed by atoms with Crippen molar-refractivity contribution in [1.29, 1.82) is 0 Å². The smallest absolute Gasteiger partial charge is 0.110 e. The quantitative estimate of drug-likeness (QED) is 0.390. The molecule has 4 saturated carbocycles. The van der Waals surface area contributed by atoms with Crippen molar-refractivity contribution in [3.63, 3.8) is 0 Å². The van der Waals surface area contributed by atoms with E-state index in [9.17, 15) is 25.5 Å². The van der Waals surface area contributed by atoms with Gasteiger partial charge < -0.3 is 30.3 Å². The zero-order chi connectivity index (χ0) is 19.1. The first-order valence-electron chi connectivity index (χ1n) is 10.0. The van der Waals surface area contributed by atoms with Gasteiger partial charge in [-0.2, -0.15) is 0 Å². The van der Waals surface area contributed by atoms with Crippen molar-refractivity contribution in [2.24, 2.45) is 28.6 Å². The average Bonchev–Trinajstić information content (AvgIpc) is 3.24. The highest BCUT2D eigenvalue weighted by Crippen LogP contribution is 2.72. The molecular weight excluding hydrogens is 336 g/mol. The number of rotatable bonds is 0. The summed E-state index contributed by atoms with van der Waals surface area (Å²) in [7, 11) is 0. The van der Waals surface area contributed by atoms with Crippen LogP contribution in [0.3, 0.4) is 0 Å². The van der Waals surface area contributed by atoms with E-state index >= 15 is 0 Å². The van der Waals surface area contributed by atoms with Crippen LogP contribution in [-0.4, -0.2) is 66.8 Å². The Balaban J connectivity index is 1.71. The van der Waals surface area contributed by atoms with Crippen molar-refractivity contribution < 1.29 is 30.3 Å². The molecule has 1 aliphatic heterocycles. The normalized spacial score (nSPS) is 68.0. The van der Waals surface area contributed by atoms with Gasteiger partial charge in [-0.3, -0.25) is 0 Å². The molecule has 1 spiro atoms. The summed E-state index contributed by atoms with van der Waals surface area (Å²) in [6.07, 6.45) is -0.752. The summed E-state index contributed by atoms with van der Waals surface area (Å²) < 4.78 is 5.81. The van der Waals surface area contributed by atoms with E-state index in [1.165, 1.54) is 0 Å². The summed E-state index contributed by atoms with van der Waals surface area (Å²) in [5, 5.41) is 57.1. The minimum absolute atomic E-state index is 0.0434. The Hall–Kier alpha value is -0.240. The molecule has 6 heteroatoms. The predicted octanol–water partition coefficient (Wildman–Crippen LogP) is 0.185. The van der Waals surface area contributed by atoms with Crippen molar-refractivity contribution in [3.8, 4) is 0 Å². The van der Waals surface area contributed by atoms with Crippen LogP contribution in [0.25, 0.3) is 0 Å². The molecule has 0 radical (unpaired) electrons. The summed E-state index contributed by atoms with van der Waals surface area (Å²) in [4.78, 5) is 0. The highest BCUT2D eigenvalue weighted by molar-refractivity contribution is 5.32. The molecule has 11 atom stereocenters. The molecule has 26 heavy (non-hydrogen) atoms. The maximum absolute atomic E-state index is 11.8. The Morgan fingerprint density at radius 1 is 0.923 bits per heavy atom. The number of ether oxygens (including phenoxy) is 1. The third-order valence-electron chi connectivity index (χ3n) is 9.44. The lowest BCUT2D eigenvalue weighted by Gasteiger charge is -2.50. The van der Waals surface area contributed by atoms with Gasteiger partial charge in [0.05, 0.1) is 29.5 Å². The topological polar surface area (TPSA) is 114 Å². The summed E-state index contributed by atoms with van der Waals surface area (Å²) in [6, 6.07) is 0. The molecule has 0 amide bonds. The second-order valence-corrected chi connectivity index (χ2v) is 11.0. The Kier molecular flexibility index (Phi) is 3.08. The maximum atomic E-state index is 11.8. The molecule has 11 unspecified atom stereocenters. The standard InChI is InChI=1S/C20H32O6/c1-16(2)15-11(26-15)12-18(4,24)10-6-5-9-7-19(10,8-17(9,3)23)13(21)14(22)20(12,16)25/h9-15,21-25H,5-8H2,1-4H3. The Bertz CT molecular complexity index is 659. The Morgan fingerprint density at radius 2 is 1.58 bits per heavy atom. The van der Waals surface area contributed by atoms with E-state index in [1.807, 2.05) is 13.8 Å². The van der Waals surface area contributed by atoms with Gasteiger partial charge in [0.25, 0.3) is 0 Å². The molecule has 1 heterocycles. The number of hydrogen-bond donors (Lipinski definition) is 5. The van der Waals surface area contributed by atoms with Gasteiger partial charge in [-0.05, 0) is 51.4 Å². The first-order valence-corrected chi connectivity index (χ1v) is 10.0. The highest BCUT2D eigenvalue weighted by atomic mass is 16.6. The Labute approximate surface area is 154 Å². The van der Waals surface area contributed by atoms with Crippen LogP contribution in [-0.2, 0) is 4.74 Å². The number of aliphatic hydroxyl groups is 5. The third kappa shape index (κ3) is 1.64. The second-order valence-electron chi connectivity index (χ2n) is 11.0. The van der Waals surface area contributed by atoms with Crippen molar-refractivity contribution in [3.05, 3.63) is 0 Å². The summed E-state index contributed by atoms with van der Waals surface area (Å²) in [5.41, 5.74) is -5.44. The van der Waals surface area contributed by atoms with Gasteiger partial charge >= 0.3 is 0 Å². The molecule has 148 valence electrons. The van der Waals surface area contributed by atoms with Crippen LogP contribution in [0.5, 0.6) is 0 Å². The molecule has 2 bridgehead atoms. The van der Waals surface area contributed by atoms with Gasteiger partial charge in [-0.25, -0.2) is 0 Å². The van der Waals surface area contributed by atoms with Crippen molar-refractivity contribution in [2.75, 3.05) is 0 Å². The predicted molar refractivity (Wildman–Crippen MR) is 92.0 cm³/mol. The number of epoxide rings is 1. The minimum Gasteiger partial charge on any atom is -0.390 e. The second kappa shape index (κ2) is 4.50. The largest absolute Gasteiger partial charge is 0.390 e. The van der Waals surface area contributed by atoms with E-state index in [4.69, 9.17) is 4.74 Å². The van der Waals surface area contributed by atoms with Crippen LogP contribution < -0.4 is 0 Å². The summed E-state index contributed by atoms with van der Waals surface area (Å²) >= 11 is 0. The lowest BCUT2D eigenvalue weighted by atomic mass is 9.58. The van der Waals surface area contributed by atoms with E-state index in [-0.39, 0.29) is 24.0 Å². The van der Waals surface area contributed by atoms with E-state index in [0.29, 0.717) is 19.3 Å². The molecule has 0 aromatic carbocycles. The van der Waals surface area contributed by atoms with Crippen LogP contribution in [0.15, 0.2) is 0 Å². The van der Waals surface area contributed by atoms with Crippen LogP contribution in [0.2, 0.25) is 0 Å². The fourth-order valence-electron chi connectivity index (χ4n) is 8.15. The molecular formula is C20H32O6. The van der Waals surface area contributed by atoms with Crippen LogP contribution in [0, 0.1) is 28.6 Å². The molecule has 4 aliphatic carbocycles. The number of hydrogen-bond acceptors (Lipinski definition) is 6. The van der Waals surface area contributed by atoms with Gasteiger partial charge in [-0.15, -0.1) is 0 Å². The zero-order valence-electron chi connectivity index (χ0n) is 16.0. The van der Waals surface area contributed by atoms with E-state index < -0.39 is 45.8 Å². The van der Waals surface area contributed by atoms with E-state index in [0.717, 1.165) is 6.42 Å².